The lowest BCUT2D eigenvalue weighted by Crippen LogP contribution is -2.47. The van der Waals surface area contributed by atoms with E-state index in [1.807, 2.05) is 9.80 Å². The van der Waals surface area contributed by atoms with Crippen LogP contribution < -0.4 is 0 Å². The number of rotatable bonds is 8. The zero-order chi connectivity index (χ0) is 31.5. The van der Waals surface area contributed by atoms with Gasteiger partial charge in [0.1, 0.15) is 0 Å². The second kappa shape index (κ2) is 12.9. The van der Waals surface area contributed by atoms with Crippen molar-refractivity contribution in [2.75, 3.05) is 26.2 Å². The SMILES string of the molecule is FC(F)(F)c1nn(CN2CCN(Cn3nc(C(F)(F)F)n(/N=C\c4ccccc4)c3=S)CC2)c(=S)n1N=Cc1ccccc1. The van der Waals surface area contributed by atoms with Crippen LogP contribution in [0.2, 0.25) is 0 Å². The summed E-state index contributed by atoms with van der Waals surface area (Å²) in [5.41, 5.74) is 1.17. The summed E-state index contributed by atoms with van der Waals surface area (Å²) in [6.07, 6.45) is -7.07. The number of halogens is 6. The molecule has 0 amide bonds. The third-order valence-corrected chi connectivity index (χ3v) is 7.29. The summed E-state index contributed by atoms with van der Waals surface area (Å²) in [7, 11) is 0. The van der Waals surface area contributed by atoms with Crippen molar-refractivity contribution in [2.45, 2.75) is 25.7 Å². The Hall–Kier alpha value is -4.00. The highest BCUT2D eigenvalue weighted by Gasteiger charge is 2.40. The number of benzene rings is 2. The predicted octanol–water partition coefficient (Wildman–Crippen LogP) is 5.18. The molecule has 0 saturated carbocycles. The molecule has 10 nitrogen and oxygen atoms in total. The number of hydrogen-bond donors (Lipinski definition) is 0. The molecule has 2 aromatic carbocycles. The van der Waals surface area contributed by atoms with Crippen LogP contribution in [0, 0.1) is 9.54 Å². The molecular formula is C26H24F6N10S2. The molecule has 1 aliphatic rings. The first-order valence-electron chi connectivity index (χ1n) is 13.1. The third-order valence-electron chi connectivity index (χ3n) is 6.52. The second-order valence-electron chi connectivity index (χ2n) is 9.66. The van der Waals surface area contributed by atoms with Gasteiger partial charge in [0.2, 0.25) is 9.54 Å². The molecule has 44 heavy (non-hydrogen) atoms. The second-order valence-corrected chi connectivity index (χ2v) is 10.4. The fourth-order valence-electron chi connectivity index (χ4n) is 4.32. The summed E-state index contributed by atoms with van der Waals surface area (Å²) in [6, 6.07) is 17.2. The summed E-state index contributed by atoms with van der Waals surface area (Å²) in [5.74, 6) is -2.51. The van der Waals surface area contributed by atoms with Gasteiger partial charge in [-0.05, 0) is 35.6 Å². The van der Waals surface area contributed by atoms with Gasteiger partial charge >= 0.3 is 12.4 Å². The van der Waals surface area contributed by atoms with Crippen LogP contribution in [0.1, 0.15) is 22.8 Å². The standard InChI is InChI=1S/C26H24F6N10S2/c27-25(28,29)21-35-39(23(43)41(21)33-15-19-7-3-1-4-8-19)17-37-11-13-38(14-12-37)18-40-24(44)42(22(36-40)26(30,31)32)34-16-20-9-5-2-6-10-20/h1-10,15-16H,11-14,17-18H2/b33-15-,34-16?. The van der Waals surface area contributed by atoms with Crippen molar-refractivity contribution in [3.63, 3.8) is 0 Å². The van der Waals surface area contributed by atoms with Crippen molar-refractivity contribution in [3.05, 3.63) is 93.0 Å². The van der Waals surface area contributed by atoms with Crippen molar-refractivity contribution in [1.82, 2.24) is 38.7 Å². The van der Waals surface area contributed by atoms with Gasteiger partial charge in [0.25, 0.3) is 11.6 Å². The van der Waals surface area contributed by atoms with Crippen LogP contribution in [0.25, 0.3) is 0 Å². The lowest BCUT2D eigenvalue weighted by molar-refractivity contribution is -0.148. The average molecular weight is 655 g/mol. The van der Waals surface area contributed by atoms with Gasteiger partial charge in [-0.3, -0.25) is 9.80 Å². The Morgan fingerprint density at radius 3 is 1.27 bits per heavy atom. The molecule has 0 unspecified atom stereocenters. The Morgan fingerprint density at radius 1 is 0.614 bits per heavy atom. The number of hydrogen-bond acceptors (Lipinski definition) is 8. The maximum absolute atomic E-state index is 13.7. The van der Waals surface area contributed by atoms with E-state index in [-0.39, 0.29) is 22.9 Å². The van der Waals surface area contributed by atoms with Crippen LogP contribution in [0.3, 0.4) is 0 Å². The van der Waals surface area contributed by atoms with Crippen LogP contribution in [0.4, 0.5) is 26.3 Å². The maximum atomic E-state index is 13.7. The van der Waals surface area contributed by atoms with Gasteiger partial charge in [0, 0.05) is 26.2 Å². The number of alkyl halides is 6. The van der Waals surface area contributed by atoms with E-state index in [0.717, 1.165) is 9.36 Å². The van der Waals surface area contributed by atoms with E-state index in [0.29, 0.717) is 46.7 Å². The molecule has 0 bridgehead atoms. The van der Waals surface area contributed by atoms with Gasteiger partial charge in [-0.25, -0.2) is 9.36 Å². The molecule has 0 aliphatic carbocycles. The lowest BCUT2D eigenvalue weighted by atomic mass is 10.2. The molecule has 4 aromatic rings. The molecule has 2 aromatic heterocycles. The Balaban J connectivity index is 1.27. The molecule has 1 aliphatic heterocycles. The zero-order valence-electron chi connectivity index (χ0n) is 22.7. The van der Waals surface area contributed by atoms with Gasteiger partial charge in [0.15, 0.2) is 0 Å². The van der Waals surface area contributed by atoms with Gasteiger partial charge < -0.3 is 0 Å². The fraction of sp³-hybridized carbons (Fsp3) is 0.308. The lowest BCUT2D eigenvalue weighted by Gasteiger charge is -2.34. The van der Waals surface area contributed by atoms with E-state index in [2.05, 4.69) is 20.4 Å². The largest absolute Gasteiger partial charge is 0.453 e. The minimum absolute atomic E-state index is 0.0376. The number of nitrogens with zero attached hydrogens (tertiary/aromatic N) is 10. The van der Waals surface area contributed by atoms with Crippen molar-refractivity contribution in [2.24, 2.45) is 10.2 Å². The molecular weight excluding hydrogens is 630 g/mol. The van der Waals surface area contributed by atoms with Crippen LogP contribution in [0.5, 0.6) is 0 Å². The van der Waals surface area contributed by atoms with Gasteiger partial charge in [0.05, 0.1) is 25.8 Å². The highest BCUT2D eigenvalue weighted by molar-refractivity contribution is 7.71. The normalized spacial score (nSPS) is 15.6. The average Bonchev–Trinajstić information content (AvgIpc) is 3.48. The molecule has 1 saturated heterocycles. The quantitative estimate of drug-likeness (QED) is 0.148. The van der Waals surface area contributed by atoms with Crippen LogP contribution >= 0.6 is 24.4 Å². The highest BCUT2D eigenvalue weighted by Crippen LogP contribution is 2.29. The summed E-state index contributed by atoms with van der Waals surface area (Å²) >= 11 is 10.5. The first-order valence-corrected chi connectivity index (χ1v) is 13.9. The van der Waals surface area contributed by atoms with Crippen LogP contribution in [-0.4, -0.2) is 77.3 Å². The monoisotopic (exact) mass is 654 g/mol. The molecule has 0 radical (unpaired) electrons. The molecule has 0 atom stereocenters. The minimum atomic E-state index is -4.80. The molecule has 0 N–H and O–H groups in total. The van der Waals surface area contributed by atoms with E-state index in [9.17, 15) is 26.3 Å². The Morgan fingerprint density at radius 2 is 0.955 bits per heavy atom. The summed E-state index contributed by atoms with van der Waals surface area (Å²) in [5, 5.41) is 15.2. The Labute approximate surface area is 256 Å². The van der Waals surface area contributed by atoms with Crippen LogP contribution in [0.15, 0.2) is 70.9 Å². The summed E-state index contributed by atoms with van der Waals surface area (Å²) < 4.78 is 85.2. The van der Waals surface area contributed by atoms with E-state index in [4.69, 9.17) is 24.4 Å². The maximum Gasteiger partial charge on any atom is 0.453 e. The smallest absolute Gasteiger partial charge is 0.282 e. The van der Waals surface area contributed by atoms with E-state index in [1.165, 1.54) is 12.4 Å². The van der Waals surface area contributed by atoms with Crippen molar-refractivity contribution in [3.8, 4) is 0 Å². The van der Waals surface area contributed by atoms with Crippen molar-refractivity contribution < 1.29 is 26.3 Å². The van der Waals surface area contributed by atoms with E-state index >= 15 is 0 Å². The Bertz CT molecular complexity index is 1620. The van der Waals surface area contributed by atoms with Crippen LogP contribution in [-0.2, 0) is 25.7 Å². The third kappa shape index (κ3) is 7.37. The van der Waals surface area contributed by atoms with Crippen molar-refractivity contribution >= 4 is 36.9 Å². The first kappa shape index (κ1) is 31.4. The van der Waals surface area contributed by atoms with Gasteiger partial charge in [-0.1, -0.05) is 60.7 Å². The molecule has 3 heterocycles. The molecule has 5 rings (SSSR count). The zero-order valence-corrected chi connectivity index (χ0v) is 24.4. The predicted molar refractivity (Wildman–Crippen MR) is 154 cm³/mol. The van der Waals surface area contributed by atoms with Gasteiger partial charge in [-0.2, -0.15) is 45.9 Å². The Kier molecular flexibility index (Phi) is 9.23. The minimum Gasteiger partial charge on any atom is -0.282 e. The number of aromatic nitrogens is 6. The summed E-state index contributed by atoms with van der Waals surface area (Å²) in [4.78, 5) is 3.65. The molecule has 0 spiro atoms. The van der Waals surface area contributed by atoms with E-state index in [1.54, 1.807) is 60.7 Å². The topological polar surface area (TPSA) is 76.7 Å². The van der Waals surface area contributed by atoms with Crippen molar-refractivity contribution in [1.29, 1.82) is 0 Å². The summed E-state index contributed by atoms with van der Waals surface area (Å²) in [6.45, 7) is 1.41. The first-order chi connectivity index (χ1) is 20.9. The molecule has 18 heteroatoms. The number of piperazine rings is 1. The van der Waals surface area contributed by atoms with Gasteiger partial charge in [-0.15, -0.1) is 10.2 Å². The van der Waals surface area contributed by atoms with E-state index < -0.39 is 24.0 Å². The molecule has 232 valence electrons. The highest BCUT2D eigenvalue weighted by atomic mass is 32.1. The fourth-order valence-corrected chi connectivity index (χ4v) is 4.79. The molecule has 1 fully saturated rings.